The van der Waals surface area contributed by atoms with Crippen LogP contribution in [-0.4, -0.2) is 52.7 Å². The summed E-state index contributed by atoms with van der Waals surface area (Å²) < 4.78 is 12.9. The molecule has 2 aromatic carbocycles. The van der Waals surface area contributed by atoms with Gasteiger partial charge in [0.15, 0.2) is 6.29 Å². The zero-order chi connectivity index (χ0) is 26.0. The summed E-state index contributed by atoms with van der Waals surface area (Å²) in [7, 11) is 0. The molecule has 37 heavy (non-hydrogen) atoms. The first-order valence-electron chi connectivity index (χ1n) is 13.3. The van der Waals surface area contributed by atoms with Crippen LogP contribution in [0.4, 0.5) is 5.69 Å². The topological polar surface area (TPSA) is 108 Å². The number of hydrogen-bond acceptors (Lipinski definition) is 6. The second-order valence-corrected chi connectivity index (χ2v) is 9.98. The molecule has 4 rings (SSSR count). The first-order valence-corrected chi connectivity index (χ1v) is 13.3. The maximum absolute atomic E-state index is 12.2. The quantitative estimate of drug-likeness (QED) is 0.373. The van der Waals surface area contributed by atoms with E-state index >= 15 is 0 Å². The standard InChI is InChI=1S/C29H38N2O6/c32-20-21-8-10-22(11-9-21)26-18-25(19-31-16-4-1-5-17-31)36-29(37-26)23-12-14-24(15-13-23)30-27(33)6-2-3-7-28(34)35/h8-15,25-26,29,32H,1-7,16-20H2,(H,30,33)(H,34,35)/t25-,26+,29+/m0/s1. The van der Waals surface area contributed by atoms with Gasteiger partial charge in [-0.05, 0) is 62.0 Å². The number of aliphatic hydroxyl groups is 1. The number of carboxylic acids is 1. The molecule has 2 heterocycles. The molecule has 0 bridgehead atoms. The Labute approximate surface area is 218 Å². The molecule has 0 aliphatic carbocycles. The number of unbranched alkanes of at least 4 members (excludes halogenated alkanes) is 1. The smallest absolute Gasteiger partial charge is 0.303 e. The number of benzene rings is 2. The van der Waals surface area contributed by atoms with Gasteiger partial charge < -0.3 is 29.9 Å². The summed E-state index contributed by atoms with van der Waals surface area (Å²) in [6, 6.07) is 15.4. The minimum Gasteiger partial charge on any atom is -0.481 e. The fourth-order valence-corrected chi connectivity index (χ4v) is 4.97. The lowest BCUT2D eigenvalue weighted by Crippen LogP contribution is -2.41. The van der Waals surface area contributed by atoms with Crippen LogP contribution < -0.4 is 5.32 Å². The van der Waals surface area contributed by atoms with Crippen molar-refractivity contribution in [1.29, 1.82) is 0 Å². The molecule has 3 atom stereocenters. The van der Waals surface area contributed by atoms with Gasteiger partial charge in [0.2, 0.25) is 5.91 Å². The molecule has 200 valence electrons. The summed E-state index contributed by atoms with van der Waals surface area (Å²) >= 11 is 0. The number of rotatable bonds is 11. The summed E-state index contributed by atoms with van der Waals surface area (Å²) in [5, 5.41) is 21.0. The highest BCUT2D eigenvalue weighted by Crippen LogP contribution is 2.38. The van der Waals surface area contributed by atoms with Crippen molar-refractivity contribution in [1.82, 2.24) is 4.90 Å². The fourth-order valence-electron chi connectivity index (χ4n) is 4.97. The number of carbonyl (C=O) groups is 2. The molecule has 0 saturated carbocycles. The van der Waals surface area contributed by atoms with E-state index in [-0.39, 0.29) is 31.1 Å². The first-order chi connectivity index (χ1) is 18.0. The van der Waals surface area contributed by atoms with Crippen LogP contribution in [-0.2, 0) is 25.7 Å². The number of hydrogen-bond donors (Lipinski definition) is 3. The number of nitrogens with zero attached hydrogens (tertiary/aromatic N) is 1. The van der Waals surface area contributed by atoms with Crippen molar-refractivity contribution in [3.8, 4) is 0 Å². The number of carbonyl (C=O) groups excluding carboxylic acids is 1. The number of piperidine rings is 1. The van der Waals surface area contributed by atoms with E-state index in [4.69, 9.17) is 14.6 Å². The second kappa shape index (κ2) is 13.7. The van der Waals surface area contributed by atoms with Crippen molar-refractivity contribution in [2.24, 2.45) is 0 Å². The molecule has 0 aromatic heterocycles. The van der Waals surface area contributed by atoms with Crippen LogP contribution in [0, 0.1) is 0 Å². The lowest BCUT2D eigenvalue weighted by Gasteiger charge is -2.39. The van der Waals surface area contributed by atoms with Gasteiger partial charge in [-0.1, -0.05) is 42.8 Å². The van der Waals surface area contributed by atoms with Crippen LogP contribution in [0.15, 0.2) is 48.5 Å². The summed E-state index contributed by atoms with van der Waals surface area (Å²) in [5.41, 5.74) is 3.52. The predicted molar refractivity (Wildman–Crippen MR) is 140 cm³/mol. The Bertz CT molecular complexity index is 1000. The summed E-state index contributed by atoms with van der Waals surface area (Å²) in [4.78, 5) is 25.3. The highest BCUT2D eigenvalue weighted by Gasteiger charge is 2.33. The van der Waals surface area contributed by atoms with Gasteiger partial charge in [0, 0.05) is 37.1 Å². The Kier molecular flexibility index (Phi) is 10.1. The number of aliphatic carboxylic acids is 1. The third-order valence-electron chi connectivity index (χ3n) is 7.04. The molecule has 8 heteroatoms. The molecule has 8 nitrogen and oxygen atoms in total. The maximum Gasteiger partial charge on any atom is 0.303 e. The van der Waals surface area contributed by atoms with Gasteiger partial charge in [-0.3, -0.25) is 9.59 Å². The van der Waals surface area contributed by atoms with Crippen molar-refractivity contribution < 1.29 is 29.3 Å². The molecule has 2 saturated heterocycles. The van der Waals surface area contributed by atoms with E-state index in [9.17, 15) is 14.7 Å². The minimum absolute atomic E-state index is 0.0142. The number of aliphatic hydroxyl groups excluding tert-OH is 1. The van der Waals surface area contributed by atoms with E-state index in [1.165, 1.54) is 19.3 Å². The Morgan fingerprint density at radius 3 is 2.24 bits per heavy atom. The normalized spacial score (nSPS) is 22.5. The van der Waals surface area contributed by atoms with Gasteiger partial charge in [-0.2, -0.15) is 0 Å². The monoisotopic (exact) mass is 510 g/mol. The average Bonchev–Trinajstić information content (AvgIpc) is 2.92. The molecular weight excluding hydrogens is 472 g/mol. The molecule has 2 aliphatic heterocycles. The zero-order valence-electron chi connectivity index (χ0n) is 21.3. The number of ether oxygens (including phenoxy) is 2. The average molecular weight is 511 g/mol. The van der Waals surface area contributed by atoms with Gasteiger partial charge in [-0.15, -0.1) is 0 Å². The van der Waals surface area contributed by atoms with Crippen molar-refractivity contribution in [2.75, 3.05) is 25.0 Å². The van der Waals surface area contributed by atoms with Crippen molar-refractivity contribution in [2.45, 2.75) is 76.5 Å². The molecule has 3 N–H and O–H groups in total. The van der Waals surface area contributed by atoms with E-state index in [0.29, 0.717) is 24.9 Å². The lowest BCUT2D eigenvalue weighted by molar-refractivity contribution is -0.253. The van der Waals surface area contributed by atoms with Crippen molar-refractivity contribution in [3.05, 3.63) is 65.2 Å². The molecule has 0 spiro atoms. The number of likely N-dealkylation sites (tertiary alicyclic amines) is 1. The van der Waals surface area contributed by atoms with Crippen LogP contribution in [0.5, 0.6) is 0 Å². The van der Waals surface area contributed by atoms with Gasteiger partial charge in [0.05, 0.1) is 18.8 Å². The van der Waals surface area contributed by atoms with Gasteiger partial charge in [0.25, 0.3) is 0 Å². The number of amides is 1. The van der Waals surface area contributed by atoms with Gasteiger partial charge in [0.1, 0.15) is 0 Å². The first kappa shape index (κ1) is 27.3. The van der Waals surface area contributed by atoms with E-state index < -0.39 is 12.3 Å². The predicted octanol–water partition coefficient (Wildman–Crippen LogP) is 4.79. The molecular formula is C29H38N2O6. The number of carboxylic acid groups (broad SMARTS) is 1. The molecule has 0 unspecified atom stereocenters. The number of anilines is 1. The summed E-state index contributed by atoms with van der Waals surface area (Å²) in [6.07, 6.45) is 5.30. The Morgan fingerprint density at radius 2 is 1.57 bits per heavy atom. The molecule has 2 fully saturated rings. The fraction of sp³-hybridized carbons (Fsp3) is 0.517. The second-order valence-electron chi connectivity index (χ2n) is 9.98. The van der Waals surface area contributed by atoms with Crippen molar-refractivity contribution in [3.63, 3.8) is 0 Å². The molecule has 0 radical (unpaired) electrons. The highest BCUT2D eigenvalue weighted by atomic mass is 16.7. The van der Waals surface area contributed by atoms with E-state index in [1.807, 2.05) is 48.5 Å². The largest absolute Gasteiger partial charge is 0.481 e. The Hall–Kier alpha value is -2.78. The molecule has 2 aromatic rings. The van der Waals surface area contributed by atoms with Crippen LogP contribution in [0.3, 0.4) is 0 Å². The zero-order valence-corrected chi connectivity index (χ0v) is 21.3. The van der Waals surface area contributed by atoms with Gasteiger partial charge in [-0.25, -0.2) is 0 Å². The van der Waals surface area contributed by atoms with Crippen LogP contribution in [0.2, 0.25) is 0 Å². The molecule has 1 amide bonds. The van der Waals surface area contributed by atoms with Gasteiger partial charge >= 0.3 is 5.97 Å². The van der Waals surface area contributed by atoms with Crippen LogP contribution in [0.25, 0.3) is 0 Å². The lowest BCUT2D eigenvalue weighted by atomic mass is 9.99. The Balaban J connectivity index is 1.40. The maximum atomic E-state index is 12.2. The minimum atomic E-state index is -0.842. The van der Waals surface area contributed by atoms with Crippen LogP contribution in [0.1, 0.15) is 80.5 Å². The highest BCUT2D eigenvalue weighted by molar-refractivity contribution is 5.90. The summed E-state index contributed by atoms with van der Waals surface area (Å²) in [6.45, 7) is 3.10. The SMILES string of the molecule is O=C(O)CCCCC(=O)Nc1ccc([C@@H]2O[C@H](CN3CCCCC3)C[C@H](c3ccc(CO)cc3)O2)cc1. The van der Waals surface area contributed by atoms with E-state index in [2.05, 4.69) is 10.2 Å². The Morgan fingerprint density at radius 1 is 0.892 bits per heavy atom. The van der Waals surface area contributed by atoms with Crippen molar-refractivity contribution >= 4 is 17.6 Å². The van der Waals surface area contributed by atoms with Crippen LogP contribution >= 0.6 is 0 Å². The number of nitrogens with one attached hydrogen (secondary N) is 1. The molecule has 2 aliphatic rings. The third-order valence-corrected chi connectivity index (χ3v) is 7.04. The summed E-state index contributed by atoms with van der Waals surface area (Å²) in [5.74, 6) is -0.970. The van der Waals surface area contributed by atoms with E-state index in [0.717, 1.165) is 42.7 Å². The third kappa shape index (κ3) is 8.36. The van der Waals surface area contributed by atoms with E-state index in [1.54, 1.807) is 0 Å².